The van der Waals surface area contributed by atoms with Crippen LogP contribution >= 0.6 is 0 Å². The zero-order valence-corrected chi connectivity index (χ0v) is 14.9. The van der Waals surface area contributed by atoms with Crippen molar-refractivity contribution in [1.29, 1.82) is 0 Å². The van der Waals surface area contributed by atoms with Crippen molar-refractivity contribution < 1.29 is 52.6 Å². The minimum Gasteiger partial charge on any atom is -0.759 e. The Morgan fingerprint density at radius 1 is 0.389 bits per heavy atom. The van der Waals surface area contributed by atoms with Crippen LogP contribution in [-0.4, -0.2) is 122 Å². The third kappa shape index (κ3) is 1410. The van der Waals surface area contributed by atoms with Gasteiger partial charge in [0.25, 0.3) is 0 Å². The molecule has 0 aromatic carbocycles. The van der Waals surface area contributed by atoms with Gasteiger partial charge in [-0.25, -0.2) is 0 Å². The Kier molecular flexibility index (Phi) is 31.3. The molecule has 0 atom stereocenters. The fourth-order valence-corrected chi connectivity index (χ4v) is 0. The molecule has 0 spiro atoms. The van der Waals surface area contributed by atoms with Gasteiger partial charge in [-0.2, -0.15) is 0 Å². The summed E-state index contributed by atoms with van der Waals surface area (Å²) in [5, 5.41) is 0. The smallest absolute Gasteiger partial charge is 0.759 e. The number of rotatable bonds is 0. The average molecular weight is 361 g/mol. The van der Waals surface area contributed by atoms with Crippen molar-refractivity contribution in [2.24, 2.45) is 0 Å². The van der Waals surface area contributed by atoms with Crippen molar-refractivity contribution in [2.75, 3.05) is 0 Å². The first-order chi connectivity index (χ1) is 6.00. The Hall–Kier alpha value is 1.91. The SMILES string of the molecule is O=S(=O)([O-])[O-].O=S(=O)([O-])[O-].O=S(=O)([O-])[O-].[Mg+2].[Mg+2].[Mg+2]. The fourth-order valence-electron chi connectivity index (χ4n) is 0. The summed E-state index contributed by atoms with van der Waals surface area (Å²) in [7, 11) is -15.5. The molecule has 0 aliphatic carbocycles. The first-order valence-electron chi connectivity index (χ1n) is 2.00. The van der Waals surface area contributed by atoms with E-state index in [4.69, 9.17) is 52.6 Å². The van der Waals surface area contributed by atoms with E-state index in [-0.39, 0.29) is 69.2 Å². The Morgan fingerprint density at radius 3 is 0.389 bits per heavy atom. The molecule has 0 aliphatic heterocycles. The van der Waals surface area contributed by atoms with Crippen molar-refractivity contribution in [3.8, 4) is 0 Å². The maximum atomic E-state index is 8.52. The molecule has 18 heteroatoms. The fraction of sp³-hybridized carbons (Fsp3) is 0. The van der Waals surface area contributed by atoms with Crippen LogP contribution in [0.3, 0.4) is 0 Å². The largest absolute Gasteiger partial charge is 2.00 e. The van der Waals surface area contributed by atoms with Crippen LogP contribution in [0.4, 0.5) is 0 Å². The molecule has 0 aromatic rings. The molecule has 0 amide bonds. The van der Waals surface area contributed by atoms with Crippen LogP contribution in [0.1, 0.15) is 0 Å². The van der Waals surface area contributed by atoms with E-state index < -0.39 is 31.2 Å². The number of hydrogen-bond donors (Lipinski definition) is 0. The molecule has 0 saturated heterocycles. The molecule has 0 N–H and O–H groups in total. The van der Waals surface area contributed by atoms with Gasteiger partial charge in [0.15, 0.2) is 0 Å². The molecule has 0 radical (unpaired) electrons. The second-order valence-electron chi connectivity index (χ2n) is 1.22. The third-order valence-electron chi connectivity index (χ3n) is 0. The van der Waals surface area contributed by atoms with Crippen molar-refractivity contribution >= 4 is 100 Å². The van der Waals surface area contributed by atoms with Crippen molar-refractivity contribution in [2.45, 2.75) is 0 Å². The van der Waals surface area contributed by atoms with Gasteiger partial charge in [-0.3, -0.25) is 25.3 Å². The van der Waals surface area contributed by atoms with Gasteiger partial charge in [-0.15, -0.1) is 0 Å². The van der Waals surface area contributed by atoms with E-state index in [1.165, 1.54) is 0 Å². The van der Waals surface area contributed by atoms with Gasteiger partial charge in [0.1, 0.15) is 0 Å². The Morgan fingerprint density at radius 2 is 0.389 bits per heavy atom. The first kappa shape index (κ1) is 36.8. The summed E-state index contributed by atoms with van der Waals surface area (Å²) in [5.74, 6) is 0. The van der Waals surface area contributed by atoms with E-state index in [0.717, 1.165) is 0 Å². The minimum atomic E-state index is -5.17. The topological polar surface area (TPSA) is 241 Å². The summed E-state index contributed by atoms with van der Waals surface area (Å²) in [6.45, 7) is 0. The first-order valence-corrected chi connectivity index (χ1v) is 6.00. The molecule has 96 valence electrons. The standard InChI is InChI=1S/3Mg.3H2O4S/c;;;3*1-5(2,3)4/h;;;3*(H2,1,2,3,4)/q3*+2;;;/p-6. The van der Waals surface area contributed by atoms with Crippen LogP contribution in [0, 0.1) is 0 Å². The van der Waals surface area contributed by atoms with Gasteiger partial charge < -0.3 is 27.3 Å². The van der Waals surface area contributed by atoms with Crippen LogP contribution in [0.2, 0.25) is 0 Å². The van der Waals surface area contributed by atoms with E-state index in [0.29, 0.717) is 0 Å². The molecule has 18 heavy (non-hydrogen) atoms. The summed E-state index contributed by atoms with van der Waals surface area (Å²) in [4.78, 5) is 0. The molecule has 0 bridgehead atoms. The molecule has 0 fully saturated rings. The average Bonchev–Trinajstić information content (AvgIpc) is 1.41. The van der Waals surface area contributed by atoms with Crippen molar-refractivity contribution in [3.05, 3.63) is 0 Å². The predicted octanol–water partition coefficient (Wildman–Crippen LogP) is -5.16. The summed E-state index contributed by atoms with van der Waals surface area (Å²) < 4.78 is 102. The van der Waals surface area contributed by atoms with E-state index in [2.05, 4.69) is 0 Å². The van der Waals surface area contributed by atoms with Gasteiger partial charge in [0.05, 0.1) is 0 Å². The summed E-state index contributed by atoms with van der Waals surface area (Å²) in [6.07, 6.45) is 0. The molecule has 0 heterocycles. The molecule has 0 rings (SSSR count). The Balaban J connectivity index is -0.0000000277. The zero-order valence-electron chi connectivity index (χ0n) is 8.25. The van der Waals surface area contributed by atoms with E-state index >= 15 is 0 Å². The second kappa shape index (κ2) is 15.3. The summed E-state index contributed by atoms with van der Waals surface area (Å²) in [5.41, 5.74) is 0. The molecule has 12 nitrogen and oxygen atoms in total. The van der Waals surface area contributed by atoms with Crippen LogP contribution < -0.4 is 0 Å². The van der Waals surface area contributed by atoms with Crippen LogP contribution in [0.5, 0.6) is 0 Å². The van der Waals surface area contributed by atoms with Gasteiger partial charge in [0.2, 0.25) is 0 Å². The quantitative estimate of drug-likeness (QED) is 0.223. The minimum absolute atomic E-state index is 0. The van der Waals surface area contributed by atoms with Gasteiger partial charge in [-0.05, 0) is 0 Å². The van der Waals surface area contributed by atoms with Crippen LogP contribution in [0.25, 0.3) is 0 Å². The Labute approximate surface area is 151 Å². The zero-order chi connectivity index (χ0) is 13.5. The molecular formula is Mg3O12S3. The normalized spacial score (nSPS) is 9.67. The molecule has 0 unspecified atom stereocenters. The maximum absolute atomic E-state index is 8.52. The second-order valence-corrected chi connectivity index (χ2v) is 3.67. The third-order valence-corrected chi connectivity index (χ3v) is 0. The molecule has 0 aromatic heterocycles. The van der Waals surface area contributed by atoms with Crippen LogP contribution in [0.15, 0.2) is 0 Å². The number of hydrogen-bond acceptors (Lipinski definition) is 12. The van der Waals surface area contributed by atoms with Crippen molar-refractivity contribution in [1.82, 2.24) is 0 Å². The molecule has 0 aliphatic rings. The van der Waals surface area contributed by atoms with E-state index in [1.807, 2.05) is 0 Å². The predicted molar refractivity (Wildman–Crippen MR) is 48.7 cm³/mol. The Bertz CT molecular complexity index is 343. The van der Waals surface area contributed by atoms with Crippen LogP contribution in [-0.2, 0) is 31.2 Å². The van der Waals surface area contributed by atoms with E-state index in [1.54, 1.807) is 0 Å². The monoisotopic (exact) mass is 360 g/mol. The molecular weight excluding hydrogens is 361 g/mol. The van der Waals surface area contributed by atoms with E-state index in [9.17, 15) is 0 Å². The summed E-state index contributed by atoms with van der Waals surface area (Å²) >= 11 is 0. The van der Waals surface area contributed by atoms with Gasteiger partial charge >= 0.3 is 69.2 Å². The van der Waals surface area contributed by atoms with Gasteiger partial charge in [0, 0.05) is 31.2 Å². The van der Waals surface area contributed by atoms with Gasteiger partial charge in [-0.1, -0.05) is 0 Å². The van der Waals surface area contributed by atoms with Crippen molar-refractivity contribution in [3.63, 3.8) is 0 Å². The molecule has 0 saturated carbocycles. The maximum Gasteiger partial charge on any atom is 2.00 e. The summed E-state index contributed by atoms with van der Waals surface area (Å²) in [6, 6.07) is 0.